The second-order valence-corrected chi connectivity index (χ2v) is 8.41. The lowest BCUT2D eigenvalue weighted by molar-refractivity contribution is -0.139. The summed E-state index contributed by atoms with van der Waals surface area (Å²) in [6.07, 6.45) is 1.59. The second kappa shape index (κ2) is 9.67. The van der Waals surface area contributed by atoms with Gasteiger partial charge >= 0.3 is 0 Å². The van der Waals surface area contributed by atoms with Crippen molar-refractivity contribution < 1.29 is 28.9 Å². The predicted molar refractivity (Wildman–Crippen MR) is 129 cm³/mol. The Morgan fingerprint density at radius 2 is 1.88 bits per heavy atom. The second-order valence-electron chi connectivity index (χ2n) is 8.41. The zero-order valence-corrected chi connectivity index (χ0v) is 20.0. The number of fused-ring (bicyclic) bond motifs is 1. The molecule has 0 radical (unpaired) electrons. The van der Waals surface area contributed by atoms with E-state index in [4.69, 9.17) is 14.2 Å². The number of rotatable bonds is 7. The van der Waals surface area contributed by atoms with E-state index in [1.807, 2.05) is 18.9 Å². The lowest BCUT2D eigenvalue weighted by Crippen LogP contribution is -2.30. The van der Waals surface area contributed by atoms with E-state index in [0.29, 0.717) is 48.1 Å². The third-order valence-corrected chi connectivity index (χ3v) is 6.34. The van der Waals surface area contributed by atoms with Crippen LogP contribution in [0.3, 0.4) is 0 Å². The maximum atomic E-state index is 13.2. The highest BCUT2D eigenvalue weighted by Crippen LogP contribution is 2.43. The molecule has 2 aromatic rings. The van der Waals surface area contributed by atoms with E-state index in [2.05, 4.69) is 0 Å². The van der Waals surface area contributed by atoms with Gasteiger partial charge in [-0.1, -0.05) is 19.4 Å². The van der Waals surface area contributed by atoms with Gasteiger partial charge in [-0.2, -0.15) is 0 Å². The van der Waals surface area contributed by atoms with Gasteiger partial charge in [-0.25, -0.2) is 0 Å². The summed E-state index contributed by atoms with van der Waals surface area (Å²) in [5, 5.41) is 11.4. The predicted octanol–water partition coefficient (Wildman–Crippen LogP) is 3.75. The molecule has 1 N–H and O–H groups in total. The Balaban J connectivity index is 1.86. The van der Waals surface area contributed by atoms with E-state index in [0.717, 1.165) is 18.5 Å². The SMILES string of the molecule is CCCCN1C(=O)C(=O)/C(=C(/O)c2ccc3c(c2)N(C)CCO3)C1c1ccc(OC)c(OC)c1. The number of hydrogen-bond acceptors (Lipinski definition) is 7. The topological polar surface area (TPSA) is 88.5 Å². The van der Waals surface area contributed by atoms with Crippen molar-refractivity contribution in [1.29, 1.82) is 0 Å². The number of unbranched alkanes of at least 4 members (excludes halogenated alkanes) is 1. The molecule has 0 aromatic heterocycles. The molecular formula is C26H30N2O6. The van der Waals surface area contributed by atoms with Crippen LogP contribution in [0.15, 0.2) is 42.0 Å². The first-order valence-corrected chi connectivity index (χ1v) is 11.4. The highest BCUT2D eigenvalue weighted by atomic mass is 16.5. The number of amides is 1. The Morgan fingerprint density at radius 1 is 1.12 bits per heavy atom. The number of Topliss-reactive ketones (excluding diaryl/α,β-unsaturated/α-hetero) is 1. The first-order chi connectivity index (χ1) is 16.4. The van der Waals surface area contributed by atoms with E-state index >= 15 is 0 Å². The lowest BCUT2D eigenvalue weighted by atomic mass is 9.94. The minimum absolute atomic E-state index is 0.0626. The molecule has 0 bridgehead atoms. The van der Waals surface area contributed by atoms with Crippen molar-refractivity contribution in [2.75, 3.05) is 45.9 Å². The first kappa shape index (κ1) is 23.5. The molecule has 0 aliphatic carbocycles. The third kappa shape index (κ3) is 4.04. The van der Waals surface area contributed by atoms with Crippen molar-refractivity contribution in [3.05, 3.63) is 53.1 Å². The molecule has 1 amide bonds. The summed E-state index contributed by atoms with van der Waals surface area (Å²) in [6.45, 7) is 3.71. The molecule has 0 saturated carbocycles. The fourth-order valence-corrected chi connectivity index (χ4v) is 4.46. The zero-order chi connectivity index (χ0) is 24.4. The minimum atomic E-state index is -0.739. The Labute approximate surface area is 199 Å². The summed E-state index contributed by atoms with van der Waals surface area (Å²) in [5.74, 6) is 0.205. The molecule has 180 valence electrons. The fraction of sp³-hybridized carbons (Fsp3) is 0.385. The van der Waals surface area contributed by atoms with Gasteiger partial charge in [0.25, 0.3) is 11.7 Å². The quantitative estimate of drug-likeness (QED) is 0.378. The van der Waals surface area contributed by atoms with E-state index in [9.17, 15) is 14.7 Å². The number of methoxy groups -OCH3 is 2. The van der Waals surface area contributed by atoms with Crippen LogP contribution in [-0.2, 0) is 9.59 Å². The van der Waals surface area contributed by atoms with Gasteiger partial charge in [0.1, 0.15) is 18.1 Å². The van der Waals surface area contributed by atoms with Crippen LogP contribution in [0.1, 0.15) is 36.9 Å². The van der Waals surface area contributed by atoms with Crippen LogP contribution in [0, 0.1) is 0 Å². The Morgan fingerprint density at radius 3 is 2.59 bits per heavy atom. The number of benzene rings is 2. The molecule has 2 aliphatic heterocycles. The number of anilines is 1. The molecule has 1 unspecified atom stereocenters. The number of aliphatic hydroxyl groups is 1. The first-order valence-electron chi connectivity index (χ1n) is 11.4. The molecule has 0 spiro atoms. The van der Waals surface area contributed by atoms with E-state index in [1.54, 1.807) is 43.5 Å². The molecule has 2 aromatic carbocycles. The van der Waals surface area contributed by atoms with Crippen LogP contribution >= 0.6 is 0 Å². The van der Waals surface area contributed by atoms with Gasteiger partial charge in [0, 0.05) is 19.2 Å². The summed E-state index contributed by atoms with van der Waals surface area (Å²) in [5.41, 5.74) is 1.99. The van der Waals surface area contributed by atoms with Crippen molar-refractivity contribution in [2.45, 2.75) is 25.8 Å². The molecule has 2 aliphatic rings. The molecule has 1 saturated heterocycles. The number of likely N-dealkylation sites (tertiary alicyclic amines) is 1. The maximum absolute atomic E-state index is 13.2. The number of carbonyl (C=O) groups excluding carboxylic acids is 2. The Hall–Kier alpha value is -3.68. The number of ether oxygens (including phenoxy) is 3. The minimum Gasteiger partial charge on any atom is -0.507 e. The molecule has 4 rings (SSSR count). The molecular weight excluding hydrogens is 436 g/mol. The van der Waals surface area contributed by atoms with Gasteiger partial charge in [-0.3, -0.25) is 9.59 Å². The molecule has 1 atom stereocenters. The van der Waals surface area contributed by atoms with Crippen LogP contribution in [0.5, 0.6) is 17.2 Å². The summed E-state index contributed by atoms with van der Waals surface area (Å²) >= 11 is 0. The van der Waals surface area contributed by atoms with Crippen molar-refractivity contribution in [3.63, 3.8) is 0 Å². The van der Waals surface area contributed by atoms with Crippen LogP contribution in [-0.4, -0.2) is 62.7 Å². The highest BCUT2D eigenvalue weighted by molar-refractivity contribution is 6.46. The van der Waals surface area contributed by atoms with Crippen LogP contribution in [0.2, 0.25) is 0 Å². The molecule has 2 heterocycles. The summed E-state index contributed by atoms with van der Waals surface area (Å²) in [4.78, 5) is 29.8. The van der Waals surface area contributed by atoms with E-state index < -0.39 is 17.7 Å². The summed E-state index contributed by atoms with van der Waals surface area (Å²) in [6, 6.07) is 9.80. The van der Waals surface area contributed by atoms with Crippen molar-refractivity contribution in [2.24, 2.45) is 0 Å². The number of carbonyl (C=O) groups is 2. The highest BCUT2D eigenvalue weighted by Gasteiger charge is 2.46. The number of likely N-dealkylation sites (N-methyl/N-ethyl adjacent to an activating group) is 1. The Bertz CT molecular complexity index is 1140. The zero-order valence-electron chi connectivity index (χ0n) is 20.0. The van der Waals surface area contributed by atoms with E-state index in [-0.39, 0.29) is 11.3 Å². The summed E-state index contributed by atoms with van der Waals surface area (Å²) < 4.78 is 16.5. The van der Waals surface area contributed by atoms with Gasteiger partial charge < -0.3 is 29.1 Å². The average molecular weight is 467 g/mol. The summed E-state index contributed by atoms with van der Waals surface area (Å²) in [7, 11) is 5.02. The largest absolute Gasteiger partial charge is 0.507 e. The number of ketones is 1. The standard InChI is InChI=1S/C26H30N2O6/c1-5-6-11-28-23(16-7-10-20(32-3)21(15-16)33-4)22(25(30)26(28)31)24(29)17-8-9-19-18(14-17)27(2)12-13-34-19/h7-10,14-15,23,29H,5-6,11-13H2,1-4H3/b24-22+. The normalized spacial score (nSPS) is 19.1. The molecule has 1 fully saturated rings. The fourth-order valence-electron chi connectivity index (χ4n) is 4.46. The van der Waals surface area contributed by atoms with Crippen molar-refractivity contribution in [3.8, 4) is 17.2 Å². The van der Waals surface area contributed by atoms with Crippen LogP contribution in [0.25, 0.3) is 5.76 Å². The van der Waals surface area contributed by atoms with Gasteiger partial charge in [0.15, 0.2) is 11.5 Å². The lowest BCUT2D eigenvalue weighted by Gasteiger charge is -2.28. The van der Waals surface area contributed by atoms with Gasteiger partial charge in [0.2, 0.25) is 0 Å². The van der Waals surface area contributed by atoms with Crippen LogP contribution < -0.4 is 19.1 Å². The van der Waals surface area contributed by atoms with Gasteiger partial charge in [-0.05, 0) is 42.3 Å². The van der Waals surface area contributed by atoms with Crippen molar-refractivity contribution in [1.82, 2.24) is 4.90 Å². The van der Waals surface area contributed by atoms with E-state index in [1.165, 1.54) is 12.0 Å². The number of aliphatic hydroxyl groups excluding tert-OH is 1. The van der Waals surface area contributed by atoms with Crippen molar-refractivity contribution >= 4 is 23.1 Å². The Kier molecular flexibility index (Phi) is 6.68. The average Bonchev–Trinajstić information content (AvgIpc) is 3.11. The maximum Gasteiger partial charge on any atom is 0.295 e. The monoisotopic (exact) mass is 466 g/mol. The molecule has 34 heavy (non-hydrogen) atoms. The van der Waals surface area contributed by atoms with Gasteiger partial charge in [0.05, 0.1) is 38.1 Å². The number of nitrogens with zero attached hydrogens (tertiary/aromatic N) is 2. The smallest absolute Gasteiger partial charge is 0.295 e. The third-order valence-electron chi connectivity index (χ3n) is 6.34. The number of hydrogen-bond donors (Lipinski definition) is 1. The van der Waals surface area contributed by atoms with Crippen LogP contribution in [0.4, 0.5) is 5.69 Å². The van der Waals surface area contributed by atoms with Gasteiger partial charge in [-0.15, -0.1) is 0 Å². The molecule has 8 heteroatoms. The molecule has 8 nitrogen and oxygen atoms in total.